The first kappa shape index (κ1) is 21.3. The number of amides is 2. The summed E-state index contributed by atoms with van der Waals surface area (Å²) >= 11 is 5.92. The molecule has 2 aromatic rings. The highest BCUT2D eigenvalue weighted by molar-refractivity contribution is 6.42. The van der Waals surface area contributed by atoms with Crippen molar-refractivity contribution in [1.29, 1.82) is 0 Å². The second-order valence-electron chi connectivity index (χ2n) is 5.36. The molecule has 10 nitrogen and oxygen atoms in total. The van der Waals surface area contributed by atoms with Gasteiger partial charge in [0.25, 0.3) is 5.69 Å². The highest BCUT2D eigenvalue weighted by atomic mass is 35.5. The summed E-state index contributed by atoms with van der Waals surface area (Å²) in [6, 6.07) is 10.9. The van der Waals surface area contributed by atoms with E-state index in [0.717, 1.165) is 6.21 Å². The van der Waals surface area contributed by atoms with Crippen LogP contribution in [0.15, 0.2) is 58.7 Å². The Labute approximate surface area is 168 Å². The fourth-order valence-corrected chi connectivity index (χ4v) is 2.22. The van der Waals surface area contributed by atoms with Crippen LogP contribution < -0.4 is 15.8 Å². The minimum Gasteiger partial charge on any atom is -0.545 e. The molecule has 0 saturated heterocycles. The number of carboxylic acids is 1. The van der Waals surface area contributed by atoms with E-state index < -0.39 is 22.7 Å². The lowest BCUT2D eigenvalue weighted by Crippen LogP contribution is -2.33. The SMILES string of the molecule is O=C(N/N=C\C(Cl)=C\c1ccc([N+](=O)[O-])cc1)C(=O)Nc1ccccc1C(=O)[O-]. The number of aromatic carboxylic acids is 1. The molecular formula is C18H12ClN4O6-. The van der Waals surface area contributed by atoms with Gasteiger partial charge in [-0.05, 0) is 29.8 Å². The molecule has 2 aromatic carbocycles. The van der Waals surface area contributed by atoms with Gasteiger partial charge in [0, 0.05) is 17.7 Å². The number of non-ortho nitro benzene ring substituents is 1. The van der Waals surface area contributed by atoms with Gasteiger partial charge in [0.2, 0.25) is 0 Å². The highest BCUT2D eigenvalue weighted by Crippen LogP contribution is 2.15. The second kappa shape index (κ2) is 9.76. The number of nitro groups is 1. The Balaban J connectivity index is 1.95. The molecule has 0 unspecified atom stereocenters. The maximum atomic E-state index is 11.8. The first-order chi connectivity index (χ1) is 13.8. The van der Waals surface area contributed by atoms with Gasteiger partial charge in [0.15, 0.2) is 0 Å². The fourth-order valence-electron chi connectivity index (χ4n) is 2.04. The molecule has 0 spiro atoms. The number of nitro benzene ring substituents is 1. The molecule has 29 heavy (non-hydrogen) atoms. The lowest BCUT2D eigenvalue weighted by molar-refractivity contribution is -0.384. The molecule has 0 saturated carbocycles. The van der Waals surface area contributed by atoms with Crippen molar-refractivity contribution in [2.45, 2.75) is 0 Å². The Bertz CT molecular complexity index is 1020. The Morgan fingerprint density at radius 2 is 1.69 bits per heavy atom. The van der Waals surface area contributed by atoms with Gasteiger partial charge < -0.3 is 15.2 Å². The fraction of sp³-hybridized carbons (Fsp3) is 0. The molecule has 0 radical (unpaired) electrons. The van der Waals surface area contributed by atoms with Crippen molar-refractivity contribution in [2.75, 3.05) is 5.32 Å². The highest BCUT2D eigenvalue weighted by Gasteiger charge is 2.14. The number of anilines is 1. The third kappa shape index (κ3) is 6.26. The van der Waals surface area contributed by atoms with E-state index in [1.165, 1.54) is 54.6 Å². The molecule has 11 heteroatoms. The zero-order valence-corrected chi connectivity index (χ0v) is 15.3. The van der Waals surface area contributed by atoms with Crippen LogP contribution in [0.5, 0.6) is 0 Å². The molecule has 0 atom stereocenters. The summed E-state index contributed by atoms with van der Waals surface area (Å²) in [6.45, 7) is 0. The zero-order chi connectivity index (χ0) is 21.4. The van der Waals surface area contributed by atoms with E-state index >= 15 is 0 Å². The largest absolute Gasteiger partial charge is 0.545 e. The molecule has 0 aliphatic heterocycles. The summed E-state index contributed by atoms with van der Waals surface area (Å²) in [7, 11) is 0. The average Bonchev–Trinajstić information content (AvgIpc) is 2.68. The standard InChI is InChI=1S/C18H13ClN4O6/c19-12(9-11-5-7-13(8-6-11)23(28)29)10-20-22-17(25)16(24)21-15-4-2-1-3-14(15)18(26)27/h1-10H,(H,21,24)(H,22,25)(H,26,27)/p-1/b12-9-,20-10-. The van der Waals surface area contributed by atoms with E-state index in [4.69, 9.17) is 11.6 Å². The molecular weight excluding hydrogens is 404 g/mol. The normalized spacial score (nSPS) is 11.1. The number of carboxylic acid groups (broad SMARTS) is 1. The monoisotopic (exact) mass is 415 g/mol. The van der Waals surface area contributed by atoms with Gasteiger partial charge >= 0.3 is 11.8 Å². The smallest absolute Gasteiger partial charge is 0.329 e. The maximum Gasteiger partial charge on any atom is 0.329 e. The van der Waals surface area contributed by atoms with Crippen molar-refractivity contribution in [3.8, 4) is 0 Å². The molecule has 0 heterocycles. The summed E-state index contributed by atoms with van der Waals surface area (Å²) in [5, 5.41) is 27.3. The number of hydrogen-bond acceptors (Lipinski definition) is 7. The van der Waals surface area contributed by atoms with Crippen molar-refractivity contribution in [2.24, 2.45) is 5.10 Å². The van der Waals surface area contributed by atoms with Gasteiger partial charge in [-0.3, -0.25) is 19.7 Å². The van der Waals surface area contributed by atoms with E-state index in [1.54, 1.807) is 0 Å². The predicted molar refractivity (Wildman–Crippen MR) is 103 cm³/mol. The number of halogens is 1. The number of carbonyl (C=O) groups excluding carboxylic acids is 3. The average molecular weight is 416 g/mol. The summed E-state index contributed by atoms with van der Waals surface area (Å²) in [5.41, 5.74) is 2.02. The minimum absolute atomic E-state index is 0.0712. The number of allylic oxidation sites excluding steroid dienone is 1. The van der Waals surface area contributed by atoms with Crippen LogP contribution in [0.25, 0.3) is 6.08 Å². The van der Waals surface area contributed by atoms with Crippen molar-refractivity contribution >= 4 is 53.0 Å². The number of hydrazone groups is 1. The van der Waals surface area contributed by atoms with Crippen LogP contribution in [0.2, 0.25) is 0 Å². The molecule has 148 valence electrons. The molecule has 0 aromatic heterocycles. The molecule has 0 bridgehead atoms. The maximum absolute atomic E-state index is 11.8. The van der Waals surface area contributed by atoms with E-state index in [-0.39, 0.29) is 22.0 Å². The van der Waals surface area contributed by atoms with Crippen LogP contribution >= 0.6 is 11.6 Å². The van der Waals surface area contributed by atoms with E-state index in [1.807, 2.05) is 5.43 Å². The topological polar surface area (TPSA) is 154 Å². The molecule has 2 amide bonds. The summed E-state index contributed by atoms with van der Waals surface area (Å²) < 4.78 is 0. The van der Waals surface area contributed by atoms with Gasteiger partial charge in [-0.2, -0.15) is 5.10 Å². The van der Waals surface area contributed by atoms with E-state index in [9.17, 15) is 29.6 Å². The van der Waals surface area contributed by atoms with Crippen molar-refractivity contribution in [3.05, 3.63) is 74.8 Å². The number of hydrogen-bond donors (Lipinski definition) is 2. The number of benzene rings is 2. The molecule has 0 aliphatic rings. The molecule has 0 fully saturated rings. The van der Waals surface area contributed by atoms with Crippen LogP contribution in [0.1, 0.15) is 15.9 Å². The van der Waals surface area contributed by atoms with Gasteiger partial charge in [-0.15, -0.1) is 0 Å². The Morgan fingerprint density at radius 3 is 2.31 bits per heavy atom. The summed E-state index contributed by atoms with van der Waals surface area (Å²) in [4.78, 5) is 44.6. The Kier molecular flexibility index (Phi) is 7.15. The first-order valence-electron chi connectivity index (χ1n) is 7.84. The molecule has 2 N–H and O–H groups in total. The second-order valence-corrected chi connectivity index (χ2v) is 5.80. The minimum atomic E-state index is -1.51. The zero-order valence-electron chi connectivity index (χ0n) is 14.5. The number of nitrogens with one attached hydrogen (secondary N) is 2. The number of nitrogens with zero attached hydrogens (tertiary/aromatic N) is 2. The van der Waals surface area contributed by atoms with Crippen LogP contribution in [-0.2, 0) is 9.59 Å². The van der Waals surface area contributed by atoms with Crippen LogP contribution in [0.3, 0.4) is 0 Å². The van der Waals surface area contributed by atoms with E-state index in [2.05, 4.69) is 10.4 Å². The summed E-state index contributed by atoms with van der Waals surface area (Å²) in [6.07, 6.45) is 2.47. The van der Waals surface area contributed by atoms with Gasteiger partial charge in [-0.25, -0.2) is 5.43 Å². The van der Waals surface area contributed by atoms with Gasteiger partial charge in [0.1, 0.15) is 0 Å². The number of carbonyl (C=O) groups is 3. The Morgan fingerprint density at radius 1 is 1.03 bits per heavy atom. The van der Waals surface area contributed by atoms with E-state index in [0.29, 0.717) is 5.56 Å². The summed E-state index contributed by atoms with van der Waals surface area (Å²) in [5.74, 6) is -3.82. The molecule has 2 rings (SSSR count). The lowest BCUT2D eigenvalue weighted by Gasteiger charge is -2.10. The van der Waals surface area contributed by atoms with Gasteiger partial charge in [0.05, 0.1) is 27.8 Å². The lowest BCUT2D eigenvalue weighted by atomic mass is 10.2. The number of para-hydroxylation sites is 1. The van der Waals surface area contributed by atoms with Crippen LogP contribution in [0, 0.1) is 10.1 Å². The van der Waals surface area contributed by atoms with Gasteiger partial charge in [-0.1, -0.05) is 29.8 Å². The van der Waals surface area contributed by atoms with Crippen molar-refractivity contribution in [1.82, 2.24) is 5.43 Å². The predicted octanol–water partition coefficient (Wildman–Crippen LogP) is 1.28. The third-order valence-corrected chi connectivity index (χ3v) is 3.57. The van der Waals surface area contributed by atoms with Crippen LogP contribution in [0.4, 0.5) is 11.4 Å². The Hall–Kier alpha value is -4.05. The van der Waals surface area contributed by atoms with Crippen molar-refractivity contribution < 1.29 is 24.4 Å². The quantitative estimate of drug-likeness (QED) is 0.313. The third-order valence-electron chi connectivity index (χ3n) is 3.36. The first-order valence-corrected chi connectivity index (χ1v) is 8.22. The molecule has 0 aliphatic carbocycles. The van der Waals surface area contributed by atoms with Crippen molar-refractivity contribution in [3.63, 3.8) is 0 Å². The van der Waals surface area contributed by atoms with Crippen LogP contribution in [-0.4, -0.2) is 28.9 Å². The number of rotatable bonds is 6.